The molecule has 3 saturated heterocycles. The van der Waals surface area contributed by atoms with Gasteiger partial charge in [-0.15, -0.1) is 0 Å². The van der Waals surface area contributed by atoms with Crippen molar-refractivity contribution >= 4 is 5.91 Å². The molecule has 49 heavy (non-hydrogen) atoms. The molecule has 8 N–H and O–H groups in total. The molecule has 0 bridgehead atoms. The lowest BCUT2D eigenvalue weighted by Crippen LogP contribution is -2.58. The lowest BCUT2D eigenvalue weighted by molar-refractivity contribution is -0.214. The fraction of sp³-hybridized carbons (Fsp3) is 0.541. The van der Waals surface area contributed by atoms with Gasteiger partial charge in [-0.05, 0) is 73.2 Å². The van der Waals surface area contributed by atoms with E-state index in [0.717, 1.165) is 22.3 Å². The van der Waals surface area contributed by atoms with Gasteiger partial charge in [0, 0.05) is 36.1 Å². The predicted octanol–water partition coefficient (Wildman–Crippen LogP) is -1.24. The fourth-order valence-corrected chi connectivity index (χ4v) is 7.39. The van der Waals surface area contributed by atoms with Gasteiger partial charge in [-0.2, -0.15) is 0 Å². The third kappa shape index (κ3) is 6.63. The van der Waals surface area contributed by atoms with E-state index in [1.54, 1.807) is 4.90 Å². The van der Waals surface area contributed by atoms with Crippen LogP contribution in [0.15, 0.2) is 36.4 Å². The van der Waals surface area contributed by atoms with E-state index in [0.29, 0.717) is 37.1 Å². The van der Waals surface area contributed by atoms with Crippen molar-refractivity contribution in [2.45, 2.75) is 99.1 Å². The van der Waals surface area contributed by atoms with Crippen molar-refractivity contribution in [1.29, 1.82) is 0 Å². The number of hydrogen-bond acceptors (Lipinski definition) is 11. The van der Waals surface area contributed by atoms with Gasteiger partial charge in [-0.1, -0.05) is 35.8 Å². The summed E-state index contributed by atoms with van der Waals surface area (Å²) in [6, 6.07) is 11.6. The fourth-order valence-electron chi connectivity index (χ4n) is 7.39. The zero-order chi connectivity index (χ0) is 35.2. The van der Waals surface area contributed by atoms with Gasteiger partial charge < -0.3 is 55.2 Å². The van der Waals surface area contributed by atoms with Crippen LogP contribution in [0.5, 0.6) is 0 Å². The number of hydrogen-bond donors (Lipinski definition) is 8. The summed E-state index contributed by atoms with van der Waals surface area (Å²) in [6.07, 6.45) is -9.43. The number of rotatable bonds is 3. The number of benzene rings is 2. The van der Waals surface area contributed by atoms with Gasteiger partial charge in [0.1, 0.15) is 48.3 Å². The Morgan fingerprint density at radius 2 is 1.37 bits per heavy atom. The summed E-state index contributed by atoms with van der Waals surface area (Å²) in [5.74, 6) is 11.5. The average molecular weight is 678 g/mol. The molecule has 1 aliphatic carbocycles. The molecule has 3 heterocycles. The number of carbonyl (C=O) groups excluding carboxylic acids is 1. The van der Waals surface area contributed by atoms with Crippen LogP contribution in [0.1, 0.15) is 55.4 Å². The molecule has 1 spiro atoms. The van der Waals surface area contributed by atoms with E-state index in [1.807, 2.05) is 36.4 Å². The van der Waals surface area contributed by atoms with Crippen LogP contribution in [0.2, 0.25) is 0 Å². The maximum absolute atomic E-state index is 13.0. The van der Waals surface area contributed by atoms with Crippen LogP contribution in [0.4, 0.5) is 0 Å². The third-order valence-corrected chi connectivity index (χ3v) is 10.1. The van der Waals surface area contributed by atoms with Crippen LogP contribution in [-0.4, -0.2) is 138 Å². The number of ether oxygens (including phenoxy) is 2. The molecule has 262 valence electrons. The number of piperidine rings is 1. The van der Waals surface area contributed by atoms with Crippen molar-refractivity contribution in [1.82, 2.24) is 4.90 Å². The van der Waals surface area contributed by atoms with Gasteiger partial charge in [-0.3, -0.25) is 4.79 Å². The molecule has 9 atom stereocenters. The van der Waals surface area contributed by atoms with E-state index in [4.69, 9.17) is 9.47 Å². The minimum atomic E-state index is -1.54. The highest BCUT2D eigenvalue weighted by Crippen LogP contribution is 2.54. The molecule has 0 unspecified atom stereocenters. The number of amides is 1. The number of aliphatic hydroxyl groups is 8. The number of nitrogens with zero attached hydrogens (tertiary/aromatic N) is 1. The normalized spacial score (nSPS) is 32.0. The molecule has 3 fully saturated rings. The first-order chi connectivity index (χ1) is 23.3. The molecule has 4 aliphatic rings. The van der Waals surface area contributed by atoms with Crippen LogP contribution in [0.25, 0.3) is 11.1 Å². The maximum Gasteiger partial charge on any atom is 0.253 e. The second-order valence-electron chi connectivity index (χ2n) is 13.9. The molecular formula is C37H43NO11. The largest absolute Gasteiger partial charge is 0.394 e. The summed E-state index contributed by atoms with van der Waals surface area (Å²) >= 11 is 0. The van der Waals surface area contributed by atoms with Gasteiger partial charge in [0.15, 0.2) is 0 Å². The monoisotopic (exact) mass is 677 g/mol. The van der Waals surface area contributed by atoms with E-state index in [2.05, 4.69) is 23.7 Å². The number of likely N-dealkylation sites (tertiary alicyclic amines) is 1. The molecule has 12 heteroatoms. The van der Waals surface area contributed by atoms with Crippen molar-refractivity contribution < 1.29 is 55.1 Å². The Kier molecular flexibility index (Phi) is 9.94. The van der Waals surface area contributed by atoms with Crippen molar-refractivity contribution in [3.8, 4) is 34.8 Å². The van der Waals surface area contributed by atoms with Crippen LogP contribution in [0, 0.1) is 23.7 Å². The molecule has 1 amide bonds. The van der Waals surface area contributed by atoms with E-state index in [9.17, 15) is 45.6 Å². The van der Waals surface area contributed by atoms with Gasteiger partial charge in [0.2, 0.25) is 0 Å². The van der Waals surface area contributed by atoms with Crippen LogP contribution in [0.3, 0.4) is 0 Å². The van der Waals surface area contributed by atoms with E-state index in [1.165, 1.54) is 13.8 Å². The molecule has 3 aliphatic heterocycles. The first kappa shape index (κ1) is 35.5. The minimum Gasteiger partial charge on any atom is -0.394 e. The molecule has 0 radical (unpaired) electrons. The van der Waals surface area contributed by atoms with Crippen molar-refractivity contribution in [3.63, 3.8) is 0 Å². The highest BCUT2D eigenvalue weighted by Gasteiger charge is 2.47. The smallest absolute Gasteiger partial charge is 0.253 e. The van der Waals surface area contributed by atoms with Crippen LogP contribution < -0.4 is 0 Å². The Balaban J connectivity index is 1.35. The lowest BCUT2D eigenvalue weighted by atomic mass is 9.70. The summed E-state index contributed by atoms with van der Waals surface area (Å²) < 4.78 is 11.3. The van der Waals surface area contributed by atoms with Gasteiger partial charge in [0.05, 0.1) is 25.4 Å². The summed E-state index contributed by atoms with van der Waals surface area (Å²) in [6.45, 7) is 2.87. The Morgan fingerprint density at radius 3 is 1.88 bits per heavy atom. The minimum absolute atomic E-state index is 0.108. The van der Waals surface area contributed by atoms with E-state index < -0.39 is 72.6 Å². The maximum atomic E-state index is 13.0. The lowest BCUT2D eigenvalue weighted by Gasteiger charge is -2.42. The number of aliphatic hydroxyl groups excluding tert-OH is 7. The van der Waals surface area contributed by atoms with E-state index in [-0.39, 0.29) is 18.9 Å². The first-order valence-corrected chi connectivity index (χ1v) is 16.5. The topological polar surface area (TPSA) is 201 Å². The third-order valence-electron chi connectivity index (χ3n) is 10.1. The Hall–Kier alpha value is -3.37. The molecule has 0 aromatic heterocycles. The predicted molar refractivity (Wildman–Crippen MR) is 175 cm³/mol. The zero-order valence-corrected chi connectivity index (χ0v) is 27.4. The molecule has 12 nitrogen and oxygen atoms in total. The highest BCUT2D eigenvalue weighted by atomic mass is 16.5. The van der Waals surface area contributed by atoms with Crippen molar-refractivity contribution in [2.75, 3.05) is 26.3 Å². The molecule has 0 saturated carbocycles. The van der Waals surface area contributed by atoms with Gasteiger partial charge in [-0.25, -0.2) is 0 Å². The second kappa shape index (κ2) is 13.7. The van der Waals surface area contributed by atoms with Crippen molar-refractivity contribution in [3.05, 3.63) is 58.7 Å². The van der Waals surface area contributed by atoms with E-state index >= 15 is 0 Å². The van der Waals surface area contributed by atoms with Gasteiger partial charge in [0.25, 0.3) is 5.91 Å². The zero-order valence-electron chi connectivity index (χ0n) is 27.4. The second-order valence-corrected chi connectivity index (χ2v) is 13.9. The molecule has 2 aromatic carbocycles. The summed E-state index contributed by atoms with van der Waals surface area (Å²) in [4.78, 5) is 14.7. The highest BCUT2D eigenvalue weighted by molar-refractivity contribution is 5.85. The number of carbonyl (C=O) groups is 1. The average Bonchev–Trinajstić information content (AvgIpc) is 3.34. The molecule has 2 aromatic rings. The standard InChI is InChI=1S/C37H43NO11/c1-36(2,47)35(46)38-13-11-37(12-14-38)25-15-20(5-9-28-31(42)27(41)17-22(18-39)48-28)3-7-23(25)24-8-4-21(16-26(24)37)6-10-29-32(43)34(45)33(44)30(19-40)49-29/h3-4,7-8,15-16,22,27-34,39-45,47H,11-14,17-19H2,1-2H3/t22-,27-,28+,29+,30+,31-,32+,33+,34+/m0/s1. The number of fused-ring (bicyclic) bond motifs is 5. The quantitative estimate of drug-likeness (QED) is 0.181. The van der Waals surface area contributed by atoms with Crippen molar-refractivity contribution in [2.24, 2.45) is 0 Å². The first-order valence-electron chi connectivity index (χ1n) is 16.5. The Bertz CT molecular complexity index is 1690. The Labute approximate surface area is 284 Å². The molecule has 6 rings (SSSR count). The van der Waals surface area contributed by atoms with Crippen LogP contribution >= 0.6 is 0 Å². The summed E-state index contributed by atoms with van der Waals surface area (Å²) in [7, 11) is 0. The SMILES string of the molecule is CC(C)(O)C(=O)N1CCC2(CC1)c1cc(C#C[C@H]3O[C@H](CO)[C@@H](O)[C@H](O)[C@@H]3O)ccc1-c1ccc(C#C[C@H]3O[C@H](CO)C[C@H](O)[C@@H]3O)cc12. The van der Waals surface area contributed by atoms with Gasteiger partial charge >= 0.3 is 0 Å². The molecular weight excluding hydrogens is 634 g/mol. The summed E-state index contributed by atoms with van der Waals surface area (Å²) in [5, 5.41) is 81.0. The summed E-state index contributed by atoms with van der Waals surface area (Å²) in [5.41, 5.74) is 3.17. The Morgan fingerprint density at radius 1 is 0.816 bits per heavy atom. The van der Waals surface area contributed by atoms with Crippen LogP contribution in [-0.2, 0) is 19.7 Å².